The van der Waals surface area contributed by atoms with E-state index in [0.717, 1.165) is 43.3 Å². The van der Waals surface area contributed by atoms with Crippen LogP contribution in [0.2, 0.25) is 5.02 Å². The molecule has 0 atom stereocenters. The molecular weight excluding hydrogens is 312 g/mol. The van der Waals surface area contributed by atoms with Crippen molar-refractivity contribution in [3.05, 3.63) is 34.9 Å². The molecule has 0 unspecified atom stereocenters. The van der Waals surface area contributed by atoms with Crippen LogP contribution in [-0.4, -0.2) is 43.4 Å². The third-order valence-corrected chi connectivity index (χ3v) is 3.96. The fraction of sp³-hybridized carbons (Fsp3) is 0.529. The van der Waals surface area contributed by atoms with Crippen LogP contribution in [0.25, 0.3) is 0 Å². The van der Waals surface area contributed by atoms with E-state index >= 15 is 0 Å². The van der Waals surface area contributed by atoms with Crippen molar-refractivity contribution in [3.63, 3.8) is 0 Å². The number of guanidine groups is 1. The van der Waals surface area contributed by atoms with E-state index in [1.165, 1.54) is 5.56 Å². The maximum Gasteiger partial charge on any atom is 0.220 e. The molecule has 0 heterocycles. The molecule has 0 spiro atoms. The van der Waals surface area contributed by atoms with Crippen LogP contribution in [0.5, 0.6) is 0 Å². The zero-order valence-corrected chi connectivity index (χ0v) is 14.6. The lowest BCUT2D eigenvalue weighted by Crippen LogP contribution is -2.39. The Morgan fingerprint density at radius 2 is 2.04 bits per heavy atom. The van der Waals surface area contributed by atoms with E-state index in [1.807, 2.05) is 36.2 Å². The van der Waals surface area contributed by atoms with Crippen LogP contribution in [0.1, 0.15) is 31.2 Å². The maximum absolute atomic E-state index is 11.6. The van der Waals surface area contributed by atoms with Gasteiger partial charge in [0.2, 0.25) is 5.91 Å². The van der Waals surface area contributed by atoms with Crippen molar-refractivity contribution in [2.45, 2.75) is 38.3 Å². The fourth-order valence-corrected chi connectivity index (χ4v) is 2.43. The van der Waals surface area contributed by atoms with Gasteiger partial charge in [0.15, 0.2) is 5.96 Å². The van der Waals surface area contributed by atoms with Crippen LogP contribution in [0, 0.1) is 0 Å². The van der Waals surface area contributed by atoms with E-state index in [9.17, 15) is 4.79 Å². The summed E-state index contributed by atoms with van der Waals surface area (Å²) in [5.41, 5.74) is 1.17. The Kier molecular flexibility index (Phi) is 6.71. The zero-order valence-electron chi connectivity index (χ0n) is 13.8. The lowest BCUT2D eigenvalue weighted by atomic mass is 10.2. The van der Waals surface area contributed by atoms with E-state index < -0.39 is 0 Å². The molecule has 0 radical (unpaired) electrons. The minimum absolute atomic E-state index is 0.152. The van der Waals surface area contributed by atoms with Crippen LogP contribution in [0.3, 0.4) is 0 Å². The number of rotatable bonds is 7. The van der Waals surface area contributed by atoms with Gasteiger partial charge in [0.25, 0.3) is 0 Å². The molecule has 1 fully saturated rings. The van der Waals surface area contributed by atoms with Gasteiger partial charge in [-0.25, -0.2) is 0 Å². The van der Waals surface area contributed by atoms with Gasteiger partial charge >= 0.3 is 0 Å². The quantitative estimate of drug-likeness (QED) is 0.457. The van der Waals surface area contributed by atoms with E-state index in [1.54, 1.807) is 7.05 Å². The first kappa shape index (κ1) is 17.6. The molecule has 23 heavy (non-hydrogen) atoms. The van der Waals surface area contributed by atoms with E-state index in [2.05, 4.69) is 15.6 Å². The van der Waals surface area contributed by atoms with Gasteiger partial charge in [-0.1, -0.05) is 23.7 Å². The molecule has 0 bridgehead atoms. The highest BCUT2D eigenvalue weighted by atomic mass is 35.5. The van der Waals surface area contributed by atoms with Crippen LogP contribution >= 0.6 is 11.6 Å². The molecule has 1 aromatic carbocycles. The molecule has 0 aromatic heterocycles. The lowest BCUT2D eigenvalue weighted by molar-refractivity contribution is -0.121. The number of aliphatic imine (C=N–C) groups is 1. The molecule has 126 valence electrons. The predicted octanol–water partition coefficient (Wildman–Crippen LogP) is 2.41. The molecule has 1 aromatic rings. The summed E-state index contributed by atoms with van der Waals surface area (Å²) in [6.07, 6.45) is 3.62. The van der Waals surface area contributed by atoms with Crippen LogP contribution in [0.4, 0.5) is 0 Å². The number of hydrogen-bond acceptors (Lipinski definition) is 2. The average molecular weight is 337 g/mol. The Hall–Kier alpha value is -1.75. The fourth-order valence-electron chi connectivity index (χ4n) is 2.30. The highest BCUT2D eigenvalue weighted by Gasteiger charge is 2.22. The van der Waals surface area contributed by atoms with Gasteiger partial charge in [0.1, 0.15) is 0 Å². The van der Waals surface area contributed by atoms with Crippen molar-refractivity contribution < 1.29 is 4.79 Å². The van der Waals surface area contributed by atoms with Crippen molar-refractivity contribution in [1.29, 1.82) is 0 Å². The Bertz CT molecular complexity index is 540. The molecule has 2 rings (SSSR count). The minimum atomic E-state index is 0.152. The van der Waals surface area contributed by atoms with E-state index in [-0.39, 0.29) is 5.91 Å². The van der Waals surface area contributed by atoms with Crippen LogP contribution in [-0.2, 0) is 11.3 Å². The number of amides is 1. The number of nitrogens with zero attached hydrogens (tertiary/aromatic N) is 2. The largest absolute Gasteiger partial charge is 0.356 e. The second-order valence-electron chi connectivity index (χ2n) is 5.90. The highest BCUT2D eigenvalue weighted by molar-refractivity contribution is 6.30. The molecule has 1 aliphatic rings. The van der Waals surface area contributed by atoms with Gasteiger partial charge in [0, 0.05) is 44.7 Å². The SMILES string of the molecule is CN=C(NCCCC(=O)NC1CC1)N(C)Cc1ccc(Cl)cc1. The monoisotopic (exact) mass is 336 g/mol. The summed E-state index contributed by atoms with van der Waals surface area (Å²) in [7, 11) is 3.75. The Morgan fingerprint density at radius 1 is 1.35 bits per heavy atom. The molecule has 2 N–H and O–H groups in total. The molecule has 0 aliphatic heterocycles. The maximum atomic E-state index is 11.6. The summed E-state index contributed by atoms with van der Waals surface area (Å²) < 4.78 is 0. The summed E-state index contributed by atoms with van der Waals surface area (Å²) in [5.74, 6) is 0.973. The average Bonchev–Trinajstić information content (AvgIpc) is 3.33. The van der Waals surface area contributed by atoms with Gasteiger partial charge in [-0.05, 0) is 37.0 Å². The lowest BCUT2D eigenvalue weighted by Gasteiger charge is -2.22. The summed E-state index contributed by atoms with van der Waals surface area (Å²) in [6, 6.07) is 8.23. The summed E-state index contributed by atoms with van der Waals surface area (Å²) in [6.45, 7) is 1.48. The number of carbonyl (C=O) groups excluding carboxylic acids is 1. The topological polar surface area (TPSA) is 56.7 Å². The Labute approximate surface area is 143 Å². The zero-order chi connectivity index (χ0) is 16.7. The third-order valence-electron chi connectivity index (χ3n) is 3.71. The molecular formula is C17H25ClN4O. The molecule has 0 saturated heterocycles. The second-order valence-corrected chi connectivity index (χ2v) is 6.34. The molecule has 5 nitrogen and oxygen atoms in total. The predicted molar refractivity (Wildman–Crippen MR) is 94.7 cm³/mol. The number of benzene rings is 1. The van der Waals surface area contributed by atoms with Crippen molar-refractivity contribution >= 4 is 23.5 Å². The van der Waals surface area contributed by atoms with Gasteiger partial charge in [0.05, 0.1) is 0 Å². The Morgan fingerprint density at radius 3 is 2.65 bits per heavy atom. The van der Waals surface area contributed by atoms with Crippen LogP contribution < -0.4 is 10.6 Å². The van der Waals surface area contributed by atoms with Crippen molar-refractivity contribution in [2.24, 2.45) is 4.99 Å². The van der Waals surface area contributed by atoms with Crippen molar-refractivity contribution in [2.75, 3.05) is 20.6 Å². The second kappa shape index (κ2) is 8.77. The van der Waals surface area contributed by atoms with Crippen LogP contribution in [0.15, 0.2) is 29.3 Å². The first-order valence-corrected chi connectivity index (χ1v) is 8.42. The van der Waals surface area contributed by atoms with Gasteiger partial charge in [-0.3, -0.25) is 9.79 Å². The van der Waals surface area contributed by atoms with Gasteiger partial charge in [-0.2, -0.15) is 0 Å². The van der Waals surface area contributed by atoms with Crippen molar-refractivity contribution in [1.82, 2.24) is 15.5 Å². The molecule has 6 heteroatoms. The smallest absolute Gasteiger partial charge is 0.220 e. The number of nitrogens with one attached hydrogen (secondary N) is 2. The molecule has 1 aliphatic carbocycles. The minimum Gasteiger partial charge on any atom is -0.356 e. The number of halogens is 1. The molecule has 1 saturated carbocycles. The van der Waals surface area contributed by atoms with Gasteiger partial charge in [-0.15, -0.1) is 0 Å². The summed E-state index contributed by atoms with van der Waals surface area (Å²) in [5, 5.41) is 7.03. The number of carbonyl (C=O) groups is 1. The third kappa shape index (κ3) is 6.48. The Balaban J connectivity index is 1.68. The van der Waals surface area contributed by atoms with Gasteiger partial charge < -0.3 is 15.5 Å². The molecule has 1 amide bonds. The summed E-state index contributed by atoms with van der Waals surface area (Å²) in [4.78, 5) is 18.0. The number of hydrogen-bond donors (Lipinski definition) is 2. The van der Waals surface area contributed by atoms with E-state index in [4.69, 9.17) is 11.6 Å². The normalized spacial score (nSPS) is 14.5. The summed E-state index contributed by atoms with van der Waals surface area (Å²) >= 11 is 5.90. The highest BCUT2D eigenvalue weighted by Crippen LogP contribution is 2.18. The van der Waals surface area contributed by atoms with Crippen molar-refractivity contribution in [3.8, 4) is 0 Å². The standard InChI is InChI=1S/C17H25ClN4O/c1-19-17(20-11-3-4-16(23)21-15-9-10-15)22(2)12-13-5-7-14(18)8-6-13/h5-8,15H,3-4,9-12H2,1-2H3,(H,19,20)(H,21,23). The first-order chi connectivity index (χ1) is 11.1. The first-order valence-electron chi connectivity index (χ1n) is 8.04. The van der Waals surface area contributed by atoms with E-state index in [0.29, 0.717) is 12.5 Å².